The molecule has 1 aliphatic rings. The molecule has 1 unspecified atom stereocenters. The molecule has 1 fully saturated rings. The fourth-order valence-electron chi connectivity index (χ4n) is 3.15. The summed E-state index contributed by atoms with van der Waals surface area (Å²) in [5.41, 5.74) is -0.680. The van der Waals surface area contributed by atoms with Gasteiger partial charge in [0.1, 0.15) is 11.9 Å². The molecule has 0 saturated heterocycles. The summed E-state index contributed by atoms with van der Waals surface area (Å²) in [7, 11) is 0. The zero-order valence-corrected chi connectivity index (χ0v) is 15.7. The predicted molar refractivity (Wildman–Crippen MR) is 98.4 cm³/mol. The van der Waals surface area contributed by atoms with Gasteiger partial charge in [-0.1, -0.05) is 18.2 Å². The average molecular weight is 381 g/mol. The highest BCUT2D eigenvalue weighted by Gasteiger charge is 2.51. The van der Waals surface area contributed by atoms with Crippen LogP contribution < -0.4 is 5.32 Å². The fraction of sp³-hybridized carbons (Fsp3) is 0.550. The summed E-state index contributed by atoms with van der Waals surface area (Å²) in [5, 5.41) is 23.4. The van der Waals surface area contributed by atoms with E-state index in [0.717, 1.165) is 0 Å². The smallest absolute Gasteiger partial charge is 0.252 e. The number of ether oxygens (including phenoxy) is 2. The minimum atomic E-state index is -1.37. The van der Waals surface area contributed by atoms with E-state index in [9.17, 15) is 19.4 Å². The van der Waals surface area contributed by atoms with E-state index < -0.39 is 23.9 Å². The Hall–Kier alpha value is -1.80. The zero-order valence-electron chi connectivity index (χ0n) is 15.7. The topological polar surface area (TPSA) is 88.0 Å². The van der Waals surface area contributed by atoms with Gasteiger partial charge < -0.3 is 25.0 Å². The van der Waals surface area contributed by atoms with E-state index in [1.165, 1.54) is 18.2 Å². The minimum absolute atomic E-state index is 0.0583. The van der Waals surface area contributed by atoms with Crippen molar-refractivity contribution >= 4 is 5.91 Å². The van der Waals surface area contributed by atoms with E-state index >= 15 is 0 Å². The van der Waals surface area contributed by atoms with Crippen molar-refractivity contribution in [2.45, 2.75) is 63.3 Å². The first-order valence-corrected chi connectivity index (χ1v) is 9.05. The van der Waals surface area contributed by atoms with Gasteiger partial charge >= 0.3 is 0 Å². The quantitative estimate of drug-likeness (QED) is 0.597. The summed E-state index contributed by atoms with van der Waals surface area (Å²) in [6, 6.07) is 5.65. The van der Waals surface area contributed by atoms with Crippen LogP contribution in [0.3, 0.4) is 0 Å². The van der Waals surface area contributed by atoms with E-state index in [1.807, 2.05) is 13.8 Å². The van der Waals surface area contributed by atoms with Crippen LogP contribution in [0.1, 0.15) is 32.3 Å². The van der Waals surface area contributed by atoms with Gasteiger partial charge in [0.15, 0.2) is 5.60 Å². The van der Waals surface area contributed by atoms with Crippen LogP contribution in [-0.2, 0) is 20.9 Å². The van der Waals surface area contributed by atoms with Crippen LogP contribution in [0.5, 0.6) is 0 Å². The number of carbonyl (C=O) groups is 1. The normalized spacial score (nSPS) is 28.1. The second-order valence-corrected chi connectivity index (χ2v) is 7.16. The third-order valence-corrected chi connectivity index (χ3v) is 4.54. The second kappa shape index (κ2) is 9.41. The summed E-state index contributed by atoms with van der Waals surface area (Å²) >= 11 is 0. The SMILES string of the molecule is C=CCOC1C[C@](OCc2ccc(F)cc2)(C(=O)NC(C)C)C[C@@H](O)[C@H]1O. The molecule has 0 bridgehead atoms. The van der Waals surface area contributed by atoms with Crippen molar-refractivity contribution in [2.75, 3.05) is 6.61 Å². The van der Waals surface area contributed by atoms with Gasteiger partial charge in [-0.15, -0.1) is 6.58 Å². The number of amides is 1. The van der Waals surface area contributed by atoms with E-state index in [1.54, 1.807) is 12.1 Å². The minimum Gasteiger partial charge on any atom is -0.390 e. The molecule has 1 aromatic rings. The number of rotatable bonds is 8. The van der Waals surface area contributed by atoms with Gasteiger partial charge in [0.05, 0.1) is 25.4 Å². The molecule has 150 valence electrons. The Morgan fingerprint density at radius 2 is 2.04 bits per heavy atom. The van der Waals surface area contributed by atoms with Crippen molar-refractivity contribution in [2.24, 2.45) is 0 Å². The fourth-order valence-corrected chi connectivity index (χ4v) is 3.15. The van der Waals surface area contributed by atoms with Crippen molar-refractivity contribution in [1.82, 2.24) is 5.32 Å². The highest BCUT2D eigenvalue weighted by molar-refractivity contribution is 5.85. The average Bonchev–Trinajstić information content (AvgIpc) is 2.62. The van der Waals surface area contributed by atoms with Gasteiger partial charge in [-0.2, -0.15) is 0 Å². The first kappa shape index (κ1) is 21.5. The molecule has 1 aromatic carbocycles. The van der Waals surface area contributed by atoms with Gasteiger partial charge in [-0.25, -0.2) is 4.39 Å². The van der Waals surface area contributed by atoms with Gasteiger partial charge in [-0.05, 0) is 31.5 Å². The number of nitrogens with one attached hydrogen (secondary N) is 1. The van der Waals surface area contributed by atoms with Crippen LogP contribution >= 0.6 is 0 Å². The molecule has 7 heteroatoms. The number of aliphatic hydroxyl groups excluding tert-OH is 2. The molecule has 1 amide bonds. The van der Waals surface area contributed by atoms with Gasteiger partial charge in [-0.3, -0.25) is 4.79 Å². The molecule has 0 spiro atoms. The lowest BCUT2D eigenvalue weighted by molar-refractivity contribution is -0.196. The van der Waals surface area contributed by atoms with Crippen LogP contribution in [0.2, 0.25) is 0 Å². The summed E-state index contributed by atoms with van der Waals surface area (Å²) in [6.45, 7) is 7.46. The molecule has 1 aliphatic carbocycles. The summed E-state index contributed by atoms with van der Waals surface area (Å²) in [5.74, 6) is -0.738. The Kier molecular flexibility index (Phi) is 7.49. The van der Waals surface area contributed by atoms with Gasteiger partial charge in [0, 0.05) is 18.9 Å². The Bertz CT molecular complexity index is 636. The number of hydrogen-bond acceptors (Lipinski definition) is 5. The maximum absolute atomic E-state index is 13.1. The Balaban J connectivity index is 2.23. The van der Waals surface area contributed by atoms with Crippen molar-refractivity contribution in [1.29, 1.82) is 0 Å². The van der Waals surface area contributed by atoms with Crippen molar-refractivity contribution < 1.29 is 28.9 Å². The molecule has 27 heavy (non-hydrogen) atoms. The number of carbonyl (C=O) groups excluding carboxylic acids is 1. The van der Waals surface area contributed by atoms with Crippen molar-refractivity contribution in [3.05, 3.63) is 48.3 Å². The van der Waals surface area contributed by atoms with E-state index in [0.29, 0.717) is 5.56 Å². The predicted octanol–water partition coefficient (Wildman–Crippen LogP) is 1.69. The summed E-state index contributed by atoms with van der Waals surface area (Å²) < 4.78 is 24.6. The third-order valence-electron chi connectivity index (χ3n) is 4.54. The Morgan fingerprint density at radius 1 is 1.37 bits per heavy atom. The lowest BCUT2D eigenvalue weighted by Crippen LogP contribution is -2.61. The van der Waals surface area contributed by atoms with Crippen molar-refractivity contribution in [3.63, 3.8) is 0 Å². The summed E-state index contributed by atoms with van der Waals surface area (Å²) in [6.07, 6.45) is -1.54. The molecule has 0 radical (unpaired) electrons. The maximum Gasteiger partial charge on any atom is 0.252 e. The number of halogens is 1. The summed E-state index contributed by atoms with van der Waals surface area (Å²) in [4.78, 5) is 12.9. The Morgan fingerprint density at radius 3 is 2.63 bits per heavy atom. The van der Waals surface area contributed by atoms with E-state index in [2.05, 4.69) is 11.9 Å². The molecular weight excluding hydrogens is 353 g/mol. The largest absolute Gasteiger partial charge is 0.390 e. The van der Waals surface area contributed by atoms with Crippen LogP contribution in [0.25, 0.3) is 0 Å². The van der Waals surface area contributed by atoms with Crippen LogP contribution in [0, 0.1) is 5.82 Å². The molecule has 0 aliphatic heterocycles. The zero-order chi connectivity index (χ0) is 20.0. The maximum atomic E-state index is 13.1. The first-order valence-electron chi connectivity index (χ1n) is 9.05. The van der Waals surface area contributed by atoms with E-state index in [4.69, 9.17) is 9.47 Å². The second-order valence-electron chi connectivity index (χ2n) is 7.16. The Labute approximate surface area is 159 Å². The standard InChI is InChI=1S/C20H28FNO5/c1-4-9-26-17-11-20(10-16(23)18(17)24,19(25)22-13(2)3)27-12-14-5-7-15(21)8-6-14/h4-8,13,16-18,23-24H,1,9-12H2,2-3H3,(H,22,25)/t16-,17?,18-,20+/m1/s1. The van der Waals surface area contributed by atoms with Crippen LogP contribution in [0.4, 0.5) is 4.39 Å². The molecule has 4 atom stereocenters. The van der Waals surface area contributed by atoms with Crippen LogP contribution in [-0.4, -0.2) is 52.7 Å². The van der Waals surface area contributed by atoms with E-state index in [-0.39, 0.29) is 43.8 Å². The molecule has 3 N–H and O–H groups in total. The molecule has 1 saturated carbocycles. The monoisotopic (exact) mass is 381 g/mol. The van der Waals surface area contributed by atoms with Crippen LogP contribution in [0.15, 0.2) is 36.9 Å². The third kappa shape index (κ3) is 5.59. The highest BCUT2D eigenvalue weighted by Crippen LogP contribution is 2.35. The number of benzene rings is 1. The molecule has 0 heterocycles. The molecule has 2 rings (SSSR count). The molecule has 6 nitrogen and oxygen atoms in total. The van der Waals surface area contributed by atoms with Crippen molar-refractivity contribution in [3.8, 4) is 0 Å². The highest BCUT2D eigenvalue weighted by atomic mass is 19.1. The molecular formula is C20H28FNO5. The number of aliphatic hydroxyl groups is 2. The number of hydrogen-bond donors (Lipinski definition) is 3. The lowest BCUT2D eigenvalue weighted by Gasteiger charge is -2.44. The first-order chi connectivity index (χ1) is 12.8. The van der Waals surface area contributed by atoms with Gasteiger partial charge in [0.2, 0.25) is 0 Å². The van der Waals surface area contributed by atoms with Gasteiger partial charge in [0.25, 0.3) is 5.91 Å². The lowest BCUT2D eigenvalue weighted by atomic mass is 9.78. The molecule has 0 aromatic heterocycles.